The van der Waals surface area contributed by atoms with Crippen molar-refractivity contribution in [3.8, 4) is 39.6 Å². The van der Waals surface area contributed by atoms with E-state index >= 15 is 0 Å². The van der Waals surface area contributed by atoms with Crippen LogP contribution in [0.15, 0.2) is 224 Å². The van der Waals surface area contributed by atoms with Gasteiger partial charge >= 0.3 is 0 Å². The van der Waals surface area contributed by atoms with E-state index in [1.54, 1.807) is 0 Å². The Morgan fingerprint density at radius 1 is 0.371 bits per heavy atom. The second-order valence-corrected chi connectivity index (χ2v) is 15.9. The second kappa shape index (κ2) is 14.8. The molecule has 3 aromatic heterocycles. The van der Waals surface area contributed by atoms with E-state index in [-0.39, 0.29) is 12.0 Å². The monoisotopic (exact) mass is 793 g/mol. The third-order valence-electron chi connectivity index (χ3n) is 12.4. The van der Waals surface area contributed by atoms with E-state index < -0.39 is 0 Å². The van der Waals surface area contributed by atoms with Crippen LogP contribution in [0.25, 0.3) is 88.8 Å². The van der Waals surface area contributed by atoms with E-state index in [4.69, 9.17) is 15.0 Å². The molecule has 0 spiro atoms. The van der Waals surface area contributed by atoms with Gasteiger partial charge in [-0.1, -0.05) is 194 Å². The van der Waals surface area contributed by atoms with Crippen LogP contribution in [-0.2, 0) is 0 Å². The van der Waals surface area contributed by atoms with Gasteiger partial charge in [0.2, 0.25) is 0 Å². The Labute approximate surface area is 359 Å². The third kappa shape index (κ3) is 5.81. The summed E-state index contributed by atoms with van der Waals surface area (Å²) >= 11 is 0. The van der Waals surface area contributed by atoms with E-state index in [9.17, 15) is 0 Å². The molecule has 5 heteroatoms. The van der Waals surface area contributed by atoms with Gasteiger partial charge in [0.1, 0.15) is 5.82 Å². The zero-order chi connectivity index (χ0) is 41.0. The van der Waals surface area contributed by atoms with E-state index in [2.05, 4.69) is 228 Å². The minimum atomic E-state index is -0.257. The lowest BCUT2D eigenvalue weighted by Gasteiger charge is -2.32. The van der Waals surface area contributed by atoms with Gasteiger partial charge in [-0.15, -0.1) is 0 Å². The summed E-state index contributed by atoms with van der Waals surface area (Å²) < 4.78 is 4.93. The summed E-state index contributed by atoms with van der Waals surface area (Å²) in [5.41, 5.74) is 12.0. The number of allylic oxidation sites excluding steroid dienone is 4. The minimum absolute atomic E-state index is 0.182. The van der Waals surface area contributed by atoms with Gasteiger partial charge in [0, 0.05) is 49.3 Å². The Bertz CT molecular complexity index is 3420. The molecule has 1 aliphatic rings. The summed E-state index contributed by atoms with van der Waals surface area (Å²) in [5.74, 6) is 1.70. The second-order valence-electron chi connectivity index (χ2n) is 15.9. The zero-order valence-corrected chi connectivity index (χ0v) is 33.8. The summed E-state index contributed by atoms with van der Waals surface area (Å²) in [6, 6.07) is 72.9. The maximum absolute atomic E-state index is 5.64. The molecule has 0 amide bonds. The van der Waals surface area contributed by atoms with Crippen molar-refractivity contribution < 1.29 is 0 Å². The fourth-order valence-electron chi connectivity index (χ4n) is 9.71. The predicted molar refractivity (Wildman–Crippen MR) is 255 cm³/mol. The maximum Gasteiger partial charge on any atom is 0.165 e. The van der Waals surface area contributed by atoms with Crippen molar-refractivity contribution in [3.63, 3.8) is 0 Å². The first kappa shape index (κ1) is 35.8. The van der Waals surface area contributed by atoms with Gasteiger partial charge in [-0.25, -0.2) is 15.0 Å². The Balaban J connectivity index is 1.16. The van der Waals surface area contributed by atoms with Gasteiger partial charge < -0.3 is 9.13 Å². The number of benzene rings is 8. The summed E-state index contributed by atoms with van der Waals surface area (Å²) in [6.45, 7) is 0. The minimum Gasteiger partial charge on any atom is -0.332 e. The summed E-state index contributed by atoms with van der Waals surface area (Å²) in [4.78, 5) is 16.5. The largest absolute Gasteiger partial charge is 0.332 e. The zero-order valence-electron chi connectivity index (χ0n) is 33.8. The molecular formula is C57H39N5. The molecule has 0 N–H and O–H groups in total. The molecule has 0 bridgehead atoms. The molecule has 11 aromatic rings. The first-order chi connectivity index (χ1) is 30.8. The standard InChI is InChI=1S/C57H39N5/c1-4-20-38(21-5-1)41-30-18-32-47(53(41)61-49-34-14-10-26-43(49)44-27-11-15-35-50(44)61)56-58-55(40-24-8-3-9-25-40)59-57(60-56)48-33-19-31-42(39-22-6-2-7-23-39)54(48)62-51-36-16-12-28-45(51)46-29-13-17-37-52(46)62/h1-37,47,53H. The van der Waals surface area contributed by atoms with E-state index in [1.807, 2.05) is 6.07 Å². The van der Waals surface area contributed by atoms with Crippen molar-refractivity contribution in [1.29, 1.82) is 0 Å². The maximum atomic E-state index is 5.64. The number of aromatic nitrogens is 5. The van der Waals surface area contributed by atoms with Crippen LogP contribution in [0.5, 0.6) is 0 Å². The summed E-state index contributed by atoms with van der Waals surface area (Å²) in [5, 5.41) is 4.83. The van der Waals surface area contributed by atoms with Crippen LogP contribution in [0.4, 0.5) is 0 Å². The highest BCUT2D eigenvalue weighted by molar-refractivity contribution is 6.11. The first-order valence-electron chi connectivity index (χ1n) is 21.2. The van der Waals surface area contributed by atoms with Gasteiger partial charge in [-0.3, -0.25) is 0 Å². The molecule has 3 heterocycles. The molecule has 0 fully saturated rings. The lowest BCUT2D eigenvalue weighted by Crippen LogP contribution is -2.23. The molecule has 2 unspecified atom stereocenters. The summed E-state index contributed by atoms with van der Waals surface area (Å²) in [7, 11) is 0. The lowest BCUT2D eigenvalue weighted by molar-refractivity contribution is 0.566. The Morgan fingerprint density at radius 3 is 1.44 bits per heavy atom. The van der Waals surface area contributed by atoms with Crippen LogP contribution in [0.2, 0.25) is 0 Å². The molecule has 0 radical (unpaired) electrons. The van der Waals surface area contributed by atoms with Crippen LogP contribution in [0.1, 0.15) is 23.3 Å². The fourth-order valence-corrected chi connectivity index (χ4v) is 9.71. The first-order valence-corrected chi connectivity index (χ1v) is 21.2. The number of fused-ring (bicyclic) bond motifs is 6. The van der Waals surface area contributed by atoms with Crippen LogP contribution in [-0.4, -0.2) is 24.1 Å². The number of nitrogens with zero attached hydrogens (tertiary/aromatic N) is 5. The van der Waals surface area contributed by atoms with Gasteiger partial charge in [0.05, 0.1) is 28.7 Å². The van der Waals surface area contributed by atoms with Crippen molar-refractivity contribution in [2.45, 2.75) is 12.0 Å². The SMILES string of the molecule is C1=CC(c2nc(-c3ccccc3)nc(-c3cccc(-c4ccccc4)c3-n3c4ccccc4c4ccccc43)n2)C(n2c3ccccc3c3ccccc32)C(c2ccccc2)=C1. The lowest BCUT2D eigenvalue weighted by atomic mass is 9.83. The molecule has 1 aliphatic carbocycles. The van der Waals surface area contributed by atoms with Crippen molar-refractivity contribution in [3.05, 3.63) is 236 Å². The highest BCUT2D eigenvalue weighted by Gasteiger charge is 2.34. The Kier molecular flexibility index (Phi) is 8.56. The topological polar surface area (TPSA) is 48.5 Å². The van der Waals surface area contributed by atoms with Crippen LogP contribution in [0, 0.1) is 0 Å². The molecule has 0 saturated carbocycles. The summed E-state index contributed by atoms with van der Waals surface area (Å²) in [6.07, 6.45) is 6.73. The molecule has 0 aliphatic heterocycles. The smallest absolute Gasteiger partial charge is 0.165 e. The van der Waals surface area contributed by atoms with E-state index in [0.717, 1.165) is 44.5 Å². The molecule has 12 rings (SSSR count). The quantitative estimate of drug-likeness (QED) is 0.161. The Morgan fingerprint density at radius 2 is 0.839 bits per heavy atom. The van der Waals surface area contributed by atoms with Crippen LogP contribution >= 0.6 is 0 Å². The normalized spacial score (nSPS) is 15.1. The number of hydrogen-bond donors (Lipinski definition) is 0. The number of hydrogen-bond acceptors (Lipinski definition) is 3. The van der Waals surface area contributed by atoms with Gasteiger partial charge in [-0.05, 0) is 47.0 Å². The van der Waals surface area contributed by atoms with E-state index in [1.165, 1.54) is 38.2 Å². The third-order valence-corrected chi connectivity index (χ3v) is 12.4. The number of rotatable bonds is 7. The average Bonchev–Trinajstić information content (AvgIpc) is 3.87. The molecule has 2 atom stereocenters. The van der Waals surface area contributed by atoms with Crippen LogP contribution < -0.4 is 0 Å². The van der Waals surface area contributed by atoms with E-state index in [0.29, 0.717) is 17.5 Å². The predicted octanol–water partition coefficient (Wildman–Crippen LogP) is 14.1. The van der Waals surface area contributed by atoms with Crippen molar-refractivity contribution in [2.75, 3.05) is 0 Å². The van der Waals surface area contributed by atoms with Gasteiger partial charge in [-0.2, -0.15) is 0 Å². The van der Waals surface area contributed by atoms with Crippen LogP contribution in [0.3, 0.4) is 0 Å². The molecule has 62 heavy (non-hydrogen) atoms. The fraction of sp³-hybridized carbons (Fsp3) is 0.0351. The highest BCUT2D eigenvalue weighted by Crippen LogP contribution is 2.47. The van der Waals surface area contributed by atoms with Crippen molar-refractivity contribution in [1.82, 2.24) is 24.1 Å². The van der Waals surface area contributed by atoms with Crippen molar-refractivity contribution >= 4 is 49.2 Å². The molecule has 5 nitrogen and oxygen atoms in total. The molecule has 8 aromatic carbocycles. The van der Waals surface area contributed by atoms with Crippen molar-refractivity contribution in [2.24, 2.45) is 0 Å². The Hall–Kier alpha value is -8.15. The van der Waals surface area contributed by atoms with Gasteiger partial charge in [0.25, 0.3) is 0 Å². The average molecular weight is 794 g/mol. The molecule has 0 saturated heterocycles. The molecule has 292 valence electrons. The molecular weight excluding hydrogens is 755 g/mol. The van der Waals surface area contributed by atoms with Gasteiger partial charge in [0.15, 0.2) is 11.6 Å². The highest BCUT2D eigenvalue weighted by atomic mass is 15.1. The number of para-hydroxylation sites is 5.